The lowest BCUT2D eigenvalue weighted by molar-refractivity contribution is 0.103. The molecule has 0 aliphatic rings. The third-order valence-corrected chi connectivity index (χ3v) is 5.66. The smallest absolute Gasteiger partial charge is 0.214 e. The van der Waals surface area contributed by atoms with Crippen molar-refractivity contribution in [2.45, 2.75) is 20.3 Å². The number of nitrogens with zero attached hydrogens (tertiary/aromatic N) is 1. The fraction of sp³-hybridized carbons (Fsp3) is 0.185. The molecule has 4 rings (SSSR count). The van der Waals surface area contributed by atoms with Crippen LogP contribution in [-0.2, 0) is 6.42 Å². The van der Waals surface area contributed by atoms with Crippen LogP contribution in [0.2, 0.25) is 0 Å². The molecule has 0 amide bonds. The Morgan fingerprint density at radius 3 is 2.45 bits per heavy atom. The number of benzene rings is 3. The average Bonchev–Trinajstić information content (AvgIpc) is 2.79. The fourth-order valence-electron chi connectivity index (χ4n) is 3.76. The highest BCUT2D eigenvalue weighted by Gasteiger charge is 2.15. The summed E-state index contributed by atoms with van der Waals surface area (Å²) in [6.45, 7) is 4.15. The summed E-state index contributed by atoms with van der Waals surface area (Å²) in [4.78, 5) is 17.8. The quantitative estimate of drug-likeness (QED) is 0.438. The fourth-order valence-corrected chi connectivity index (χ4v) is 3.76. The number of ketones is 1. The topological polar surface area (TPSA) is 59.4 Å². The summed E-state index contributed by atoms with van der Waals surface area (Å²) in [6, 6.07) is 21.3. The molecule has 4 heteroatoms. The Balaban J connectivity index is 1.86. The Kier molecular flexibility index (Phi) is 5.83. The molecule has 0 aliphatic carbocycles. The first-order chi connectivity index (χ1) is 15.0. The predicted molar refractivity (Wildman–Crippen MR) is 124 cm³/mol. The third-order valence-electron chi connectivity index (χ3n) is 5.66. The standard InChI is InChI=1S/C27H25NO3/c1-17-7-8-21(13-18(17)2)27(30)22-9-10-25-24(15-22)23(16-26(28-25)31-3)20-6-4-5-19(14-20)11-12-29/h4-10,13-16,29H,11-12H2,1-3H3. The molecular weight excluding hydrogens is 386 g/mol. The SMILES string of the molecule is COc1cc(-c2cccc(CCO)c2)c2cc(C(=O)c3ccc(C)c(C)c3)ccc2n1. The molecule has 1 heterocycles. The van der Waals surface area contributed by atoms with Gasteiger partial charge in [0.2, 0.25) is 5.88 Å². The van der Waals surface area contributed by atoms with Crippen LogP contribution in [0, 0.1) is 13.8 Å². The van der Waals surface area contributed by atoms with Gasteiger partial charge in [-0.05, 0) is 72.4 Å². The largest absolute Gasteiger partial charge is 0.481 e. The van der Waals surface area contributed by atoms with E-state index in [0.29, 0.717) is 23.4 Å². The minimum absolute atomic E-state index is 0.0131. The second kappa shape index (κ2) is 8.70. The maximum atomic E-state index is 13.2. The van der Waals surface area contributed by atoms with E-state index in [4.69, 9.17) is 4.74 Å². The lowest BCUT2D eigenvalue weighted by atomic mass is 9.94. The maximum absolute atomic E-state index is 13.2. The van der Waals surface area contributed by atoms with Crippen molar-refractivity contribution in [3.05, 3.63) is 94.5 Å². The normalized spacial score (nSPS) is 11.0. The number of pyridine rings is 1. The van der Waals surface area contributed by atoms with Gasteiger partial charge in [-0.3, -0.25) is 4.79 Å². The highest BCUT2D eigenvalue weighted by Crippen LogP contribution is 2.32. The van der Waals surface area contributed by atoms with E-state index in [1.54, 1.807) is 7.11 Å². The highest BCUT2D eigenvalue weighted by molar-refractivity contribution is 6.11. The Morgan fingerprint density at radius 2 is 1.71 bits per heavy atom. The van der Waals surface area contributed by atoms with Gasteiger partial charge in [-0.25, -0.2) is 4.98 Å². The van der Waals surface area contributed by atoms with Crippen LogP contribution in [0.15, 0.2) is 66.7 Å². The van der Waals surface area contributed by atoms with Crippen molar-refractivity contribution >= 4 is 16.7 Å². The van der Waals surface area contributed by atoms with Crippen molar-refractivity contribution in [2.24, 2.45) is 0 Å². The van der Waals surface area contributed by atoms with E-state index in [0.717, 1.165) is 38.7 Å². The summed E-state index contributed by atoms with van der Waals surface area (Å²) in [7, 11) is 1.59. The lowest BCUT2D eigenvalue weighted by Gasteiger charge is -2.12. The zero-order chi connectivity index (χ0) is 22.0. The summed E-state index contributed by atoms with van der Waals surface area (Å²) in [6.07, 6.45) is 0.588. The van der Waals surface area contributed by atoms with Gasteiger partial charge in [-0.15, -0.1) is 0 Å². The lowest BCUT2D eigenvalue weighted by Crippen LogP contribution is -2.03. The molecule has 0 fully saturated rings. The number of rotatable bonds is 6. The third kappa shape index (κ3) is 4.21. The summed E-state index contributed by atoms with van der Waals surface area (Å²) < 4.78 is 5.42. The molecular formula is C27H25NO3. The van der Waals surface area contributed by atoms with Gasteiger partial charge >= 0.3 is 0 Å². The molecule has 156 valence electrons. The molecule has 0 spiro atoms. The van der Waals surface area contributed by atoms with E-state index in [1.165, 1.54) is 0 Å². The van der Waals surface area contributed by atoms with E-state index >= 15 is 0 Å². The number of ether oxygens (including phenoxy) is 1. The van der Waals surface area contributed by atoms with Crippen LogP contribution >= 0.6 is 0 Å². The van der Waals surface area contributed by atoms with E-state index < -0.39 is 0 Å². The van der Waals surface area contributed by atoms with Crippen LogP contribution in [0.4, 0.5) is 0 Å². The second-order valence-electron chi connectivity index (χ2n) is 7.75. The number of carbonyl (C=O) groups excluding carboxylic acids is 1. The number of aryl methyl sites for hydroxylation is 2. The predicted octanol–water partition coefficient (Wildman–Crippen LogP) is 5.29. The molecule has 0 saturated heterocycles. The zero-order valence-corrected chi connectivity index (χ0v) is 18.0. The summed E-state index contributed by atoms with van der Waals surface area (Å²) >= 11 is 0. The summed E-state index contributed by atoms with van der Waals surface area (Å²) in [5.74, 6) is 0.504. The van der Waals surface area contributed by atoms with Crippen molar-refractivity contribution in [2.75, 3.05) is 13.7 Å². The van der Waals surface area contributed by atoms with Crippen LogP contribution in [0.25, 0.3) is 22.0 Å². The van der Waals surface area contributed by atoms with Crippen LogP contribution < -0.4 is 4.74 Å². The first-order valence-electron chi connectivity index (χ1n) is 10.3. The minimum Gasteiger partial charge on any atom is -0.481 e. The first-order valence-corrected chi connectivity index (χ1v) is 10.3. The Morgan fingerprint density at radius 1 is 0.935 bits per heavy atom. The zero-order valence-electron chi connectivity index (χ0n) is 18.0. The molecule has 3 aromatic carbocycles. The van der Waals surface area contributed by atoms with Crippen LogP contribution in [0.5, 0.6) is 5.88 Å². The number of aliphatic hydroxyl groups is 1. The number of carbonyl (C=O) groups is 1. The summed E-state index contributed by atoms with van der Waals surface area (Å²) in [5, 5.41) is 10.2. The van der Waals surface area contributed by atoms with Gasteiger partial charge in [0.25, 0.3) is 0 Å². The minimum atomic E-state index is -0.0131. The average molecular weight is 412 g/mol. The number of aliphatic hydroxyl groups excluding tert-OH is 1. The molecule has 0 atom stereocenters. The van der Waals surface area contributed by atoms with E-state index in [2.05, 4.69) is 11.1 Å². The number of aromatic nitrogens is 1. The van der Waals surface area contributed by atoms with Crippen LogP contribution in [0.3, 0.4) is 0 Å². The Hall–Kier alpha value is -3.50. The van der Waals surface area contributed by atoms with Gasteiger partial charge in [-0.1, -0.05) is 36.4 Å². The molecule has 31 heavy (non-hydrogen) atoms. The first kappa shape index (κ1) is 20.8. The maximum Gasteiger partial charge on any atom is 0.214 e. The van der Waals surface area contributed by atoms with Crippen molar-refractivity contribution in [3.63, 3.8) is 0 Å². The Bertz CT molecular complexity index is 1280. The van der Waals surface area contributed by atoms with E-state index in [1.807, 2.05) is 74.5 Å². The molecule has 1 N–H and O–H groups in total. The summed E-state index contributed by atoms with van der Waals surface area (Å²) in [5.41, 5.74) is 7.30. The Labute approximate surface area is 182 Å². The van der Waals surface area contributed by atoms with Gasteiger partial charge in [0.1, 0.15) is 0 Å². The van der Waals surface area contributed by atoms with Gasteiger partial charge in [0.05, 0.1) is 12.6 Å². The van der Waals surface area contributed by atoms with Crippen molar-refractivity contribution in [3.8, 4) is 17.0 Å². The van der Waals surface area contributed by atoms with Crippen molar-refractivity contribution < 1.29 is 14.6 Å². The number of fused-ring (bicyclic) bond motifs is 1. The molecule has 1 aromatic heterocycles. The van der Waals surface area contributed by atoms with Crippen molar-refractivity contribution in [1.82, 2.24) is 4.98 Å². The van der Waals surface area contributed by atoms with Crippen molar-refractivity contribution in [1.29, 1.82) is 0 Å². The molecule has 0 aliphatic heterocycles. The van der Waals surface area contributed by atoms with E-state index in [9.17, 15) is 9.90 Å². The van der Waals surface area contributed by atoms with Crippen LogP contribution in [-0.4, -0.2) is 29.6 Å². The number of hydrogen-bond acceptors (Lipinski definition) is 4. The molecule has 4 nitrogen and oxygen atoms in total. The monoisotopic (exact) mass is 411 g/mol. The second-order valence-corrected chi connectivity index (χ2v) is 7.75. The molecule has 0 radical (unpaired) electrons. The van der Waals surface area contributed by atoms with Gasteiger partial charge in [0, 0.05) is 29.2 Å². The van der Waals surface area contributed by atoms with Gasteiger partial charge in [-0.2, -0.15) is 0 Å². The van der Waals surface area contributed by atoms with Gasteiger partial charge in [0.15, 0.2) is 5.78 Å². The molecule has 0 bridgehead atoms. The molecule has 0 unspecified atom stereocenters. The molecule has 4 aromatic rings. The van der Waals surface area contributed by atoms with E-state index in [-0.39, 0.29) is 12.4 Å². The van der Waals surface area contributed by atoms with Gasteiger partial charge < -0.3 is 9.84 Å². The number of hydrogen-bond donors (Lipinski definition) is 1. The molecule has 0 saturated carbocycles. The number of methoxy groups -OCH3 is 1. The van der Waals surface area contributed by atoms with Crippen LogP contribution in [0.1, 0.15) is 32.6 Å². The highest BCUT2D eigenvalue weighted by atomic mass is 16.5.